The van der Waals surface area contributed by atoms with Gasteiger partial charge in [0.25, 0.3) is 0 Å². The Bertz CT molecular complexity index is 617. The Morgan fingerprint density at radius 1 is 0.419 bits per heavy atom. The minimum absolute atomic E-state index is 0.305. The van der Waals surface area contributed by atoms with Crippen LogP contribution >= 0.6 is 0 Å². The van der Waals surface area contributed by atoms with E-state index in [2.05, 4.69) is 21.3 Å². The molecule has 0 radical (unpaired) electrons. The van der Waals surface area contributed by atoms with Crippen molar-refractivity contribution in [2.24, 2.45) is 0 Å². The monoisotopic (exact) mass is 428 g/mol. The summed E-state index contributed by atoms with van der Waals surface area (Å²) in [7, 11) is 0. The maximum absolute atomic E-state index is 9.26. The second-order valence-electron chi connectivity index (χ2n) is 7.92. The van der Waals surface area contributed by atoms with Gasteiger partial charge in [0.15, 0.2) is 0 Å². The molecule has 6 nitrogen and oxygen atoms in total. The van der Waals surface area contributed by atoms with Crippen molar-refractivity contribution in [1.29, 1.82) is 0 Å². The van der Waals surface area contributed by atoms with Gasteiger partial charge in [-0.2, -0.15) is 0 Å². The van der Waals surface area contributed by atoms with Gasteiger partial charge in [0.05, 0.1) is 0 Å². The van der Waals surface area contributed by atoms with E-state index in [4.69, 9.17) is 0 Å². The van der Waals surface area contributed by atoms with Crippen molar-refractivity contribution in [2.45, 2.75) is 44.9 Å². The van der Waals surface area contributed by atoms with Gasteiger partial charge in [0.1, 0.15) is 11.5 Å². The highest BCUT2D eigenvalue weighted by molar-refractivity contribution is 5.46. The Balaban J connectivity index is 1.26. The van der Waals surface area contributed by atoms with Crippen LogP contribution in [0, 0.1) is 0 Å². The van der Waals surface area contributed by atoms with Crippen molar-refractivity contribution < 1.29 is 10.2 Å². The molecule has 6 heteroatoms. The molecule has 0 bridgehead atoms. The lowest BCUT2D eigenvalue weighted by molar-refractivity contribution is 0.475. The largest absolute Gasteiger partial charge is 0.508 e. The molecule has 0 amide bonds. The second kappa shape index (κ2) is 16.3. The minimum atomic E-state index is 0.305. The maximum atomic E-state index is 9.26. The van der Waals surface area contributed by atoms with E-state index < -0.39 is 0 Å². The van der Waals surface area contributed by atoms with E-state index in [9.17, 15) is 10.2 Å². The first kappa shape index (κ1) is 24.8. The number of phenolic OH excluding ortho intramolecular Hbond substituents is 2. The SMILES string of the molecule is Oc1ccc(NCCCNCCCCCCCNCCCNc2ccc(O)cc2)cc1. The number of hydrogen-bond acceptors (Lipinski definition) is 6. The lowest BCUT2D eigenvalue weighted by Crippen LogP contribution is -2.19. The first-order chi connectivity index (χ1) is 15.2. The van der Waals surface area contributed by atoms with Crippen molar-refractivity contribution in [3.05, 3.63) is 48.5 Å². The fraction of sp³-hybridized carbons (Fsp3) is 0.520. The molecule has 172 valence electrons. The van der Waals surface area contributed by atoms with E-state index in [1.165, 1.54) is 32.1 Å². The molecule has 0 saturated carbocycles. The van der Waals surface area contributed by atoms with Crippen molar-refractivity contribution in [2.75, 3.05) is 49.9 Å². The summed E-state index contributed by atoms with van der Waals surface area (Å²) in [5.41, 5.74) is 2.11. The molecule has 6 N–H and O–H groups in total. The number of anilines is 2. The third-order valence-corrected chi connectivity index (χ3v) is 5.16. The van der Waals surface area contributed by atoms with E-state index in [1.807, 2.05) is 24.3 Å². The quantitative estimate of drug-likeness (QED) is 0.154. The summed E-state index contributed by atoms with van der Waals surface area (Å²) >= 11 is 0. The van der Waals surface area contributed by atoms with Crippen LogP contribution in [0.2, 0.25) is 0 Å². The van der Waals surface area contributed by atoms with E-state index in [0.717, 1.165) is 63.5 Å². The van der Waals surface area contributed by atoms with E-state index in [1.54, 1.807) is 24.3 Å². The van der Waals surface area contributed by atoms with Gasteiger partial charge in [-0.1, -0.05) is 19.3 Å². The summed E-state index contributed by atoms with van der Waals surface area (Å²) < 4.78 is 0. The molecule has 2 aromatic rings. The number of hydrogen-bond donors (Lipinski definition) is 6. The van der Waals surface area contributed by atoms with Gasteiger partial charge in [-0.15, -0.1) is 0 Å². The van der Waals surface area contributed by atoms with Crippen molar-refractivity contribution in [3.8, 4) is 11.5 Å². The van der Waals surface area contributed by atoms with Gasteiger partial charge >= 0.3 is 0 Å². The molecule has 0 atom stereocenters. The summed E-state index contributed by atoms with van der Waals surface area (Å²) in [4.78, 5) is 0. The number of benzene rings is 2. The number of aromatic hydroxyl groups is 2. The highest BCUT2D eigenvalue weighted by atomic mass is 16.3. The zero-order valence-electron chi connectivity index (χ0n) is 18.7. The lowest BCUT2D eigenvalue weighted by Gasteiger charge is -2.08. The Morgan fingerprint density at radius 2 is 0.774 bits per heavy atom. The summed E-state index contributed by atoms with van der Waals surface area (Å²) in [5.74, 6) is 0.610. The zero-order chi connectivity index (χ0) is 22.0. The Labute approximate surface area is 187 Å². The van der Waals surface area contributed by atoms with E-state index in [0.29, 0.717) is 11.5 Å². The summed E-state index contributed by atoms with van der Waals surface area (Å²) in [6.07, 6.45) is 8.61. The van der Waals surface area contributed by atoms with Crippen LogP contribution in [-0.2, 0) is 0 Å². The highest BCUT2D eigenvalue weighted by Crippen LogP contribution is 2.14. The molecule has 2 aromatic carbocycles. The van der Waals surface area contributed by atoms with Crippen LogP contribution in [0.1, 0.15) is 44.9 Å². The third kappa shape index (κ3) is 12.8. The fourth-order valence-electron chi connectivity index (χ4n) is 3.33. The topological polar surface area (TPSA) is 88.6 Å². The average Bonchev–Trinajstić information content (AvgIpc) is 2.78. The van der Waals surface area contributed by atoms with Crippen molar-refractivity contribution in [3.63, 3.8) is 0 Å². The Kier molecular flexibility index (Phi) is 13.0. The van der Waals surface area contributed by atoms with Crippen LogP contribution in [-0.4, -0.2) is 49.5 Å². The maximum Gasteiger partial charge on any atom is 0.115 e. The van der Waals surface area contributed by atoms with Crippen LogP contribution in [0.15, 0.2) is 48.5 Å². The number of phenols is 2. The molecule has 0 aromatic heterocycles. The molecule has 0 unspecified atom stereocenters. The van der Waals surface area contributed by atoms with Crippen LogP contribution in [0.25, 0.3) is 0 Å². The molecule has 0 saturated heterocycles. The van der Waals surface area contributed by atoms with Crippen LogP contribution < -0.4 is 21.3 Å². The molecule has 31 heavy (non-hydrogen) atoms. The van der Waals surface area contributed by atoms with Crippen molar-refractivity contribution >= 4 is 11.4 Å². The molecule has 0 heterocycles. The average molecular weight is 429 g/mol. The molecular weight excluding hydrogens is 388 g/mol. The normalized spacial score (nSPS) is 10.8. The summed E-state index contributed by atoms with van der Waals surface area (Å²) in [6.45, 7) is 6.17. The minimum Gasteiger partial charge on any atom is -0.508 e. The Hall–Kier alpha value is -2.44. The number of unbranched alkanes of at least 4 members (excludes halogenated alkanes) is 4. The number of nitrogens with one attached hydrogen (secondary N) is 4. The molecule has 0 fully saturated rings. The predicted molar refractivity (Wildman–Crippen MR) is 131 cm³/mol. The molecule has 0 aliphatic heterocycles. The molecular formula is C25H40N4O2. The van der Waals surface area contributed by atoms with Gasteiger partial charge in [-0.25, -0.2) is 0 Å². The molecule has 2 rings (SSSR count). The zero-order valence-corrected chi connectivity index (χ0v) is 18.7. The van der Waals surface area contributed by atoms with Gasteiger partial charge in [0.2, 0.25) is 0 Å². The molecule has 0 aliphatic rings. The first-order valence-electron chi connectivity index (χ1n) is 11.7. The smallest absolute Gasteiger partial charge is 0.115 e. The second-order valence-corrected chi connectivity index (χ2v) is 7.92. The fourth-order valence-corrected chi connectivity index (χ4v) is 3.33. The van der Waals surface area contributed by atoms with Crippen LogP contribution in [0.5, 0.6) is 11.5 Å². The summed E-state index contributed by atoms with van der Waals surface area (Å²) in [5, 5.41) is 32.3. The highest BCUT2D eigenvalue weighted by Gasteiger charge is 1.95. The van der Waals surface area contributed by atoms with Gasteiger partial charge in [-0.3, -0.25) is 0 Å². The third-order valence-electron chi connectivity index (χ3n) is 5.16. The summed E-state index contributed by atoms with van der Waals surface area (Å²) in [6, 6.07) is 14.4. The predicted octanol–water partition coefficient (Wildman–Crippen LogP) is 4.53. The molecule has 0 aliphatic carbocycles. The van der Waals surface area contributed by atoms with Crippen LogP contribution in [0.3, 0.4) is 0 Å². The first-order valence-corrected chi connectivity index (χ1v) is 11.7. The van der Waals surface area contributed by atoms with E-state index in [-0.39, 0.29) is 0 Å². The van der Waals surface area contributed by atoms with Gasteiger partial charge in [-0.05, 0) is 100 Å². The van der Waals surface area contributed by atoms with E-state index >= 15 is 0 Å². The van der Waals surface area contributed by atoms with Gasteiger partial charge < -0.3 is 31.5 Å². The lowest BCUT2D eigenvalue weighted by atomic mass is 10.1. The van der Waals surface area contributed by atoms with Crippen molar-refractivity contribution in [1.82, 2.24) is 10.6 Å². The number of rotatable bonds is 18. The Morgan fingerprint density at radius 3 is 1.19 bits per heavy atom. The standard InChI is InChI=1S/C25H40N4O2/c30-24-12-8-22(9-13-24)28-20-6-18-26-16-4-2-1-3-5-17-27-19-7-21-29-23-10-14-25(31)15-11-23/h8-15,26-31H,1-7,16-21H2. The van der Waals surface area contributed by atoms with Crippen LogP contribution in [0.4, 0.5) is 11.4 Å². The molecule has 0 spiro atoms. The van der Waals surface area contributed by atoms with Gasteiger partial charge in [0, 0.05) is 24.5 Å².